The molecule has 3 aliphatic heterocycles. The number of hydrogen-bond acceptors (Lipinski definition) is 4. The normalized spacial score (nSPS) is 35.3. The van der Waals surface area contributed by atoms with Crippen LogP contribution in [0.15, 0.2) is 36.7 Å². The maximum Gasteiger partial charge on any atom is 0.230 e. The molecule has 5 rings (SSSR count). The Bertz CT molecular complexity index is 759. The van der Waals surface area contributed by atoms with Gasteiger partial charge in [-0.2, -0.15) is 0 Å². The van der Waals surface area contributed by atoms with Crippen LogP contribution in [0.1, 0.15) is 31.2 Å². The minimum atomic E-state index is -0.597. The Morgan fingerprint density at radius 1 is 1.38 bits per heavy atom. The highest BCUT2D eigenvalue weighted by Gasteiger charge is 2.67. The molecule has 2 amide bonds. The second-order valence-corrected chi connectivity index (χ2v) is 7.88. The molecular formula is C20H23N3O3. The number of nitrogens with one attached hydrogen (secondary N) is 1. The second-order valence-electron chi connectivity index (χ2n) is 7.88. The van der Waals surface area contributed by atoms with E-state index in [4.69, 9.17) is 4.74 Å². The van der Waals surface area contributed by atoms with E-state index < -0.39 is 11.5 Å². The minimum absolute atomic E-state index is 0.100. The zero-order valence-electron chi connectivity index (χ0n) is 14.6. The molecule has 3 fully saturated rings. The van der Waals surface area contributed by atoms with Crippen molar-refractivity contribution < 1.29 is 14.3 Å². The summed E-state index contributed by atoms with van der Waals surface area (Å²) < 4.78 is 6.18. The Morgan fingerprint density at radius 2 is 2.23 bits per heavy atom. The van der Waals surface area contributed by atoms with E-state index in [0.717, 1.165) is 18.4 Å². The van der Waals surface area contributed by atoms with Crippen LogP contribution in [0.25, 0.3) is 0 Å². The first-order chi connectivity index (χ1) is 12.7. The van der Waals surface area contributed by atoms with Crippen molar-refractivity contribution in [3.63, 3.8) is 0 Å². The molecule has 6 nitrogen and oxygen atoms in total. The number of fused-ring (bicyclic) bond motifs is 1. The molecule has 1 spiro atoms. The first kappa shape index (κ1) is 16.0. The van der Waals surface area contributed by atoms with Crippen LogP contribution in [0.2, 0.25) is 0 Å². The predicted molar refractivity (Wildman–Crippen MR) is 93.8 cm³/mol. The van der Waals surface area contributed by atoms with E-state index in [9.17, 15) is 9.59 Å². The topological polar surface area (TPSA) is 71.5 Å². The molecule has 4 atom stereocenters. The van der Waals surface area contributed by atoms with Crippen LogP contribution in [0.3, 0.4) is 0 Å². The molecule has 2 saturated heterocycles. The Labute approximate surface area is 152 Å². The Balaban J connectivity index is 1.34. The van der Waals surface area contributed by atoms with Crippen LogP contribution in [0.4, 0.5) is 0 Å². The van der Waals surface area contributed by atoms with Crippen molar-refractivity contribution in [3.05, 3.63) is 42.2 Å². The number of pyridine rings is 1. The third-order valence-electron chi connectivity index (χ3n) is 6.39. The number of nitrogens with zero attached hydrogens (tertiary/aromatic N) is 2. The molecule has 4 aliphatic rings. The van der Waals surface area contributed by atoms with Gasteiger partial charge in [-0.3, -0.25) is 14.6 Å². The summed E-state index contributed by atoms with van der Waals surface area (Å²) in [6, 6.07) is 4.09. The molecule has 1 aromatic heterocycles. The summed E-state index contributed by atoms with van der Waals surface area (Å²) in [7, 11) is 0. The molecule has 4 heterocycles. The van der Waals surface area contributed by atoms with E-state index in [0.29, 0.717) is 19.1 Å². The van der Waals surface area contributed by atoms with Crippen molar-refractivity contribution in [2.24, 2.45) is 11.8 Å². The third kappa shape index (κ3) is 2.31. The molecule has 1 aromatic rings. The Morgan fingerprint density at radius 3 is 3.00 bits per heavy atom. The third-order valence-corrected chi connectivity index (χ3v) is 6.39. The van der Waals surface area contributed by atoms with E-state index in [1.807, 2.05) is 29.2 Å². The van der Waals surface area contributed by atoms with Crippen LogP contribution in [0, 0.1) is 11.8 Å². The lowest BCUT2D eigenvalue weighted by Gasteiger charge is -2.27. The van der Waals surface area contributed by atoms with E-state index >= 15 is 0 Å². The first-order valence-electron chi connectivity index (χ1n) is 9.52. The van der Waals surface area contributed by atoms with Crippen molar-refractivity contribution in [1.29, 1.82) is 0 Å². The van der Waals surface area contributed by atoms with Crippen LogP contribution in [0.5, 0.6) is 0 Å². The molecule has 1 N–H and O–H groups in total. The Kier molecular flexibility index (Phi) is 3.64. The molecule has 0 aromatic carbocycles. The number of hydrogen-bond donors (Lipinski definition) is 1. The van der Waals surface area contributed by atoms with Crippen molar-refractivity contribution >= 4 is 11.8 Å². The molecule has 0 radical (unpaired) electrons. The highest BCUT2D eigenvalue weighted by molar-refractivity contribution is 5.93. The van der Waals surface area contributed by atoms with Crippen LogP contribution in [-0.2, 0) is 20.9 Å². The molecule has 1 saturated carbocycles. The average molecular weight is 353 g/mol. The summed E-state index contributed by atoms with van der Waals surface area (Å²) in [6.45, 7) is 1.01. The molecule has 0 unspecified atom stereocenters. The van der Waals surface area contributed by atoms with Crippen LogP contribution in [-0.4, -0.2) is 46.0 Å². The molecular weight excluding hydrogens is 330 g/mol. The summed E-state index contributed by atoms with van der Waals surface area (Å²) in [4.78, 5) is 32.1. The second kappa shape index (κ2) is 5.91. The number of rotatable bonds is 4. The summed E-state index contributed by atoms with van der Waals surface area (Å²) >= 11 is 0. The summed E-state index contributed by atoms with van der Waals surface area (Å²) in [5.41, 5.74) is 0.348. The van der Waals surface area contributed by atoms with Gasteiger partial charge < -0.3 is 15.0 Å². The van der Waals surface area contributed by atoms with Gasteiger partial charge in [-0.05, 0) is 24.5 Å². The minimum Gasteiger partial charge on any atom is -0.360 e. The van der Waals surface area contributed by atoms with Gasteiger partial charge in [-0.25, -0.2) is 0 Å². The highest BCUT2D eigenvalue weighted by atomic mass is 16.5. The van der Waals surface area contributed by atoms with Gasteiger partial charge in [0.25, 0.3) is 0 Å². The van der Waals surface area contributed by atoms with Gasteiger partial charge in [0.2, 0.25) is 11.8 Å². The Hall–Kier alpha value is -2.21. The van der Waals surface area contributed by atoms with Crippen molar-refractivity contribution in [2.45, 2.75) is 50.0 Å². The van der Waals surface area contributed by atoms with Crippen molar-refractivity contribution in [1.82, 2.24) is 15.2 Å². The average Bonchev–Trinajstić information content (AvgIpc) is 3.42. The molecule has 2 bridgehead atoms. The lowest BCUT2D eigenvalue weighted by atomic mass is 9.77. The van der Waals surface area contributed by atoms with Gasteiger partial charge in [-0.15, -0.1) is 0 Å². The zero-order chi connectivity index (χ0) is 17.7. The van der Waals surface area contributed by atoms with Gasteiger partial charge >= 0.3 is 0 Å². The molecule has 1 aliphatic carbocycles. The van der Waals surface area contributed by atoms with Gasteiger partial charge in [0.15, 0.2) is 0 Å². The zero-order valence-corrected chi connectivity index (χ0v) is 14.6. The summed E-state index contributed by atoms with van der Waals surface area (Å²) in [5.74, 6) is -0.815. The highest BCUT2D eigenvalue weighted by Crippen LogP contribution is 2.52. The number of aromatic nitrogens is 1. The smallest absolute Gasteiger partial charge is 0.230 e. The standard InChI is InChI=1S/C20H23N3O3/c24-18(22-11-13-4-3-9-21-10-13)16-15-7-8-20(26-15)12-23(19(25)17(16)20)14-5-1-2-6-14/h3-4,7-10,14-17H,1-2,5-6,11-12H2,(H,22,24)/t15-,16+,17-,20-/m0/s1. The fourth-order valence-corrected chi connectivity index (χ4v) is 5.16. The van der Waals surface area contributed by atoms with Crippen molar-refractivity contribution in [2.75, 3.05) is 6.54 Å². The predicted octanol–water partition coefficient (Wildman–Crippen LogP) is 1.42. The first-order valence-corrected chi connectivity index (χ1v) is 9.52. The molecule has 136 valence electrons. The molecule has 6 heteroatoms. The van der Waals surface area contributed by atoms with E-state index in [-0.39, 0.29) is 23.8 Å². The van der Waals surface area contributed by atoms with Gasteiger partial charge in [0, 0.05) is 25.0 Å². The SMILES string of the molecule is O=C(NCc1cccnc1)[C@@H]1[C@@H]2C=C[C@@]3(CN(C4CCCC4)C(=O)[C@H]13)O2. The number of carbonyl (C=O) groups is 2. The van der Waals surface area contributed by atoms with E-state index in [1.165, 1.54) is 12.8 Å². The largest absolute Gasteiger partial charge is 0.360 e. The van der Waals surface area contributed by atoms with Gasteiger partial charge in [-0.1, -0.05) is 31.1 Å². The van der Waals surface area contributed by atoms with Crippen LogP contribution >= 0.6 is 0 Å². The number of ether oxygens (including phenoxy) is 1. The van der Waals surface area contributed by atoms with E-state index in [2.05, 4.69) is 10.3 Å². The number of amides is 2. The quantitative estimate of drug-likeness (QED) is 0.831. The fourth-order valence-electron chi connectivity index (χ4n) is 5.16. The van der Waals surface area contributed by atoms with E-state index in [1.54, 1.807) is 12.4 Å². The number of carbonyl (C=O) groups excluding carboxylic acids is 2. The summed E-state index contributed by atoms with van der Waals surface area (Å²) in [5, 5.41) is 2.98. The van der Waals surface area contributed by atoms with Gasteiger partial charge in [0.05, 0.1) is 24.5 Å². The van der Waals surface area contributed by atoms with Gasteiger partial charge in [0.1, 0.15) is 5.60 Å². The molecule has 26 heavy (non-hydrogen) atoms. The van der Waals surface area contributed by atoms with Crippen LogP contribution < -0.4 is 5.32 Å². The monoisotopic (exact) mass is 353 g/mol. The lowest BCUT2D eigenvalue weighted by molar-refractivity contribution is -0.138. The lowest BCUT2D eigenvalue weighted by Crippen LogP contribution is -2.44. The number of likely N-dealkylation sites (tertiary alicyclic amines) is 1. The maximum atomic E-state index is 13.2. The van der Waals surface area contributed by atoms with Crippen molar-refractivity contribution in [3.8, 4) is 0 Å². The maximum absolute atomic E-state index is 13.2. The summed E-state index contributed by atoms with van der Waals surface area (Å²) in [6.07, 6.45) is 11.7. The fraction of sp³-hybridized carbons (Fsp3) is 0.550.